The standard InChI is InChI=1S/C16H19FN2O/c17-14-4-3-12(9-18)13(8-14)10-19(15-5-6-15)11-16-2-1-7-20-16/h1-4,7-8,15H,5-6,9-11,18H2. The summed E-state index contributed by atoms with van der Waals surface area (Å²) in [5, 5.41) is 0. The van der Waals surface area contributed by atoms with Crippen molar-refractivity contribution < 1.29 is 8.81 Å². The molecule has 0 amide bonds. The summed E-state index contributed by atoms with van der Waals surface area (Å²) in [6.07, 6.45) is 4.09. The van der Waals surface area contributed by atoms with E-state index in [4.69, 9.17) is 10.2 Å². The predicted molar refractivity (Wildman–Crippen MR) is 75.3 cm³/mol. The maximum atomic E-state index is 13.5. The van der Waals surface area contributed by atoms with E-state index in [2.05, 4.69) is 4.90 Å². The van der Waals surface area contributed by atoms with Crippen LogP contribution < -0.4 is 5.73 Å². The highest BCUT2D eigenvalue weighted by Crippen LogP contribution is 2.30. The monoisotopic (exact) mass is 274 g/mol. The van der Waals surface area contributed by atoms with Crippen LogP contribution >= 0.6 is 0 Å². The maximum Gasteiger partial charge on any atom is 0.123 e. The molecule has 1 aromatic heterocycles. The van der Waals surface area contributed by atoms with Gasteiger partial charge >= 0.3 is 0 Å². The second-order valence-corrected chi connectivity index (χ2v) is 5.33. The molecule has 1 aliphatic rings. The number of benzene rings is 1. The summed E-state index contributed by atoms with van der Waals surface area (Å²) in [5.74, 6) is 0.744. The van der Waals surface area contributed by atoms with Crippen LogP contribution in [-0.4, -0.2) is 10.9 Å². The summed E-state index contributed by atoms with van der Waals surface area (Å²) in [7, 11) is 0. The van der Waals surface area contributed by atoms with E-state index in [1.165, 1.54) is 18.9 Å². The van der Waals surface area contributed by atoms with E-state index in [1.807, 2.05) is 12.1 Å². The van der Waals surface area contributed by atoms with Crippen molar-refractivity contribution in [3.8, 4) is 0 Å². The number of nitrogens with zero attached hydrogens (tertiary/aromatic N) is 1. The van der Waals surface area contributed by atoms with Crippen LogP contribution in [0.3, 0.4) is 0 Å². The van der Waals surface area contributed by atoms with Crippen molar-refractivity contribution in [3.63, 3.8) is 0 Å². The van der Waals surface area contributed by atoms with Crippen molar-refractivity contribution in [1.29, 1.82) is 0 Å². The Morgan fingerprint density at radius 3 is 2.70 bits per heavy atom. The van der Waals surface area contributed by atoms with Gasteiger partial charge in [-0.25, -0.2) is 4.39 Å². The lowest BCUT2D eigenvalue weighted by molar-refractivity contribution is 0.224. The summed E-state index contributed by atoms with van der Waals surface area (Å²) in [4.78, 5) is 2.34. The van der Waals surface area contributed by atoms with Crippen LogP contribution in [0.2, 0.25) is 0 Å². The minimum absolute atomic E-state index is 0.203. The number of halogens is 1. The first-order valence-electron chi connectivity index (χ1n) is 7.00. The number of hydrogen-bond acceptors (Lipinski definition) is 3. The van der Waals surface area contributed by atoms with E-state index in [-0.39, 0.29) is 5.82 Å². The van der Waals surface area contributed by atoms with E-state index >= 15 is 0 Å². The van der Waals surface area contributed by atoms with Gasteiger partial charge in [-0.05, 0) is 48.2 Å². The lowest BCUT2D eigenvalue weighted by Crippen LogP contribution is -2.25. The minimum Gasteiger partial charge on any atom is -0.468 e. The highest BCUT2D eigenvalue weighted by Gasteiger charge is 2.29. The van der Waals surface area contributed by atoms with Gasteiger partial charge in [0.1, 0.15) is 11.6 Å². The lowest BCUT2D eigenvalue weighted by atomic mass is 10.1. The zero-order valence-corrected chi connectivity index (χ0v) is 11.4. The molecule has 3 nitrogen and oxygen atoms in total. The Labute approximate surface area is 118 Å². The number of rotatable bonds is 6. The SMILES string of the molecule is NCc1ccc(F)cc1CN(Cc1ccco1)C1CC1. The third-order valence-corrected chi connectivity index (χ3v) is 3.76. The minimum atomic E-state index is -0.203. The van der Waals surface area contributed by atoms with Gasteiger partial charge in [-0.1, -0.05) is 6.07 Å². The Hall–Kier alpha value is -1.65. The topological polar surface area (TPSA) is 42.4 Å². The van der Waals surface area contributed by atoms with Gasteiger partial charge in [0, 0.05) is 19.1 Å². The normalized spacial score (nSPS) is 14.9. The molecule has 106 valence electrons. The molecule has 1 saturated carbocycles. The molecule has 3 rings (SSSR count). The first-order valence-corrected chi connectivity index (χ1v) is 7.00. The summed E-state index contributed by atoms with van der Waals surface area (Å²) < 4.78 is 18.9. The highest BCUT2D eigenvalue weighted by atomic mass is 19.1. The van der Waals surface area contributed by atoms with Crippen molar-refractivity contribution in [2.75, 3.05) is 0 Å². The summed E-state index contributed by atoms with van der Waals surface area (Å²) in [5.41, 5.74) is 7.73. The van der Waals surface area contributed by atoms with Crippen LogP contribution in [0.5, 0.6) is 0 Å². The molecule has 0 spiro atoms. The maximum absolute atomic E-state index is 13.5. The second-order valence-electron chi connectivity index (χ2n) is 5.33. The van der Waals surface area contributed by atoms with Crippen LogP contribution in [0.15, 0.2) is 41.0 Å². The molecule has 20 heavy (non-hydrogen) atoms. The first kappa shape index (κ1) is 13.3. The van der Waals surface area contributed by atoms with Crippen LogP contribution in [0.1, 0.15) is 29.7 Å². The zero-order chi connectivity index (χ0) is 13.9. The molecule has 0 radical (unpaired) electrons. The number of furan rings is 1. The van der Waals surface area contributed by atoms with Gasteiger partial charge in [-0.2, -0.15) is 0 Å². The molecular weight excluding hydrogens is 255 g/mol. The third kappa shape index (κ3) is 3.08. The Kier molecular flexibility index (Phi) is 3.85. The van der Waals surface area contributed by atoms with Gasteiger partial charge in [0.2, 0.25) is 0 Å². The van der Waals surface area contributed by atoms with E-state index in [0.29, 0.717) is 12.6 Å². The van der Waals surface area contributed by atoms with Crippen molar-refractivity contribution in [2.24, 2.45) is 5.73 Å². The quantitative estimate of drug-likeness (QED) is 0.880. The fraction of sp³-hybridized carbons (Fsp3) is 0.375. The molecule has 0 saturated heterocycles. The van der Waals surface area contributed by atoms with Crippen molar-refractivity contribution in [3.05, 3.63) is 59.3 Å². The first-order chi connectivity index (χ1) is 9.76. The number of nitrogens with two attached hydrogens (primary N) is 1. The van der Waals surface area contributed by atoms with Gasteiger partial charge in [-0.15, -0.1) is 0 Å². The fourth-order valence-corrected chi connectivity index (χ4v) is 2.52. The van der Waals surface area contributed by atoms with Gasteiger partial charge in [-0.3, -0.25) is 4.90 Å². The average Bonchev–Trinajstić information content (AvgIpc) is 3.17. The largest absolute Gasteiger partial charge is 0.468 e. The molecule has 1 fully saturated rings. The van der Waals surface area contributed by atoms with Crippen LogP contribution in [0.4, 0.5) is 4.39 Å². The van der Waals surface area contributed by atoms with Gasteiger partial charge in [0.25, 0.3) is 0 Å². The molecule has 1 aromatic carbocycles. The Morgan fingerprint density at radius 1 is 1.20 bits per heavy atom. The summed E-state index contributed by atoms with van der Waals surface area (Å²) in [6, 6.07) is 9.30. The molecule has 1 aliphatic carbocycles. The average molecular weight is 274 g/mol. The molecule has 4 heteroatoms. The molecule has 0 bridgehead atoms. The molecule has 0 atom stereocenters. The molecule has 0 aliphatic heterocycles. The molecular formula is C16H19FN2O. The van der Waals surface area contributed by atoms with Gasteiger partial charge in [0.15, 0.2) is 0 Å². The van der Waals surface area contributed by atoms with E-state index in [1.54, 1.807) is 18.4 Å². The van der Waals surface area contributed by atoms with Crippen molar-refractivity contribution in [1.82, 2.24) is 4.90 Å². The fourth-order valence-electron chi connectivity index (χ4n) is 2.52. The second kappa shape index (κ2) is 5.77. The van der Waals surface area contributed by atoms with E-state index in [0.717, 1.165) is 30.0 Å². The zero-order valence-electron chi connectivity index (χ0n) is 11.4. The Bertz CT molecular complexity index is 564. The van der Waals surface area contributed by atoms with Gasteiger partial charge < -0.3 is 10.2 Å². The van der Waals surface area contributed by atoms with Crippen LogP contribution in [-0.2, 0) is 19.6 Å². The van der Waals surface area contributed by atoms with E-state index < -0.39 is 0 Å². The van der Waals surface area contributed by atoms with Crippen molar-refractivity contribution >= 4 is 0 Å². The third-order valence-electron chi connectivity index (χ3n) is 3.76. The van der Waals surface area contributed by atoms with Crippen molar-refractivity contribution in [2.45, 2.75) is 38.5 Å². The van der Waals surface area contributed by atoms with Crippen LogP contribution in [0, 0.1) is 5.82 Å². The summed E-state index contributed by atoms with van der Waals surface area (Å²) >= 11 is 0. The van der Waals surface area contributed by atoms with Crippen LogP contribution in [0.25, 0.3) is 0 Å². The van der Waals surface area contributed by atoms with Gasteiger partial charge in [0.05, 0.1) is 12.8 Å². The highest BCUT2D eigenvalue weighted by molar-refractivity contribution is 5.28. The smallest absolute Gasteiger partial charge is 0.123 e. The molecule has 2 aromatic rings. The molecule has 2 N–H and O–H groups in total. The number of hydrogen-bond donors (Lipinski definition) is 1. The summed E-state index contributed by atoms with van der Waals surface area (Å²) in [6.45, 7) is 1.92. The van der Waals surface area contributed by atoms with E-state index in [9.17, 15) is 4.39 Å². The predicted octanol–water partition coefficient (Wildman–Crippen LogP) is 3.04. The Morgan fingerprint density at radius 2 is 2.05 bits per heavy atom. The molecule has 1 heterocycles. The Balaban J connectivity index is 1.77. The molecule has 0 unspecified atom stereocenters. The lowest BCUT2D eigenvalue weighted by Gasteiger charge is -2.22.